The van der Waals surface area contributed by atoms with Crippen molar-refractivity contribution in [3.63, 3.8) is 0 Å². The molecular formula is C15H21ClFNO. The summed E-state index contributed by atoms with van der Waals surface area (Å²) in [5, 5.41) is 3.67. The average molecular weight is 286 g/mol. The number of rotatable bonds is 6. The van der Waals surface area contributed by atoms with E-state index in [-0.39, 0.29) is 10.8 Å². The van der Waals surface area contributed by atoms with Gasteiger partial charge in [-0.15, -0.1) is 0 Å². The third-order valence-electron chi connectivity index (χ3n) is 3.60. The third-order valence-corrected chi connectivity index (χ3v) is 3.91. The molecule has 4 heteroatoms. The first-order valence-electron chi connectivity index (χ1n) is 6.94. The summed E-state index contributed by atoms with van der Waals surface area (Å²) >= 11 is 5.71. The van der Waals surface area contributed by atoms with E-state index >= 15 is 0 Å². The molecular weight excluding hydrogens is 265 g/mol. The topological polar surface area (TPSA) is 21.3 Å². The number of halogens is 2. The molecule has 0 radical (unpaired) electrons. The maximum Gasteiger partial charge on any atom is 0.142 e. The van der Waals surface area contributed by atoms with Crippen molar-refractivity contribution in [1.82, 2.24) is 5.32 Å². The zero-order valence-electron chi connectivity index (χ0n) is 11.3. The summed E-state index contributed by atoms with van der Waals surface area (Å²) in [5.41, 5.74) is 0.992. The van der Waals surface area contributed by atoms with Crippen molar-refractivity contribution in [3.05, 3.63) is 34.6 Å². The number of ether oxygens (including phenoxy) is 1. The van der Waals surface area contributed by atoms with Crippen LogP contribution in [0.25, 0.3) is 0 Å². The van der Waals surface area contributed by atoms with Gasteiger partial charge in [-0.05, 0) is 49.4 Å². The van der Waals surface area contributed by atoms with Crippen LogP contribution in [0.3, 0.4) is 0 Å². The molecule has 2 atom stereocenters. The smallest absolute Gasteiger partial charge is 0.142 e. The largest absolute Gasteiger partial charge is 0.381 e. The van der Waals surface area contributed by atoms with Crippen LogP contribution in [0, 0.1) is 11.7 Å². The van der Waals surface area contributed by atoms with Crippen LogP contribution in [-0.2, 0) is 11.2 Å². The molecule has 1 aliphatic heterocycles. The lowest BCUT2D eigenvalue weighted by atomic mass is 9.94. The minimum absolute atomic E-state index is 0.188. The van der Waals surface area contributed by atoms with E-state index in [0.29, 0.717) is 12.0 Å². The molecule has 1 N–H and O–H groups in total. The molecule has 0 bridgehead atoms. The maximum atomic E-state index is 13.4. The molecule has 2 nitrogen and oxygen atoms in total. The number of hydrogen-bond donors (Lipinski definition) is 1. The minimum atomic E-state index is -0.335. The molecule has 1 saturated heterocycles. The molecule has 1 heterocycles. The van der Waals surface area contributed by atoms with Crippen molar-refractivity contribution in [2.75, 3.05) is 19.8 Å². The molecule has 0 spiro atoms. The first-order chi connectivity index (χ1) is 9.19. The summed E-state index contributed by atoms with van der Waals surface area (Å²) in [4.78, 5) is 0. The zero-order chi connectivity index (χ0) is 13.7. The van der Waals surface area contributed by atoms with E-state index in [4.69, 9.17) is 16.3 Å². The molecule has 0 aliphatic carbocycles. The van der Waals surface area contributed by atoms with Crippen LogP contribution >= 0.6 is 11.6 Å². The number of hydrogen-bond acceptors (Lipinski definition) is 2. The summed E-state index contributed by atoms with van der Waals surface area (Å²) < 4.78 is 18.9. The highest BCUT2D eigenvalue weighted by molar-refractivity contribution is 6.30. The molecule has 0 amide bonds. The Balaban J connectivity index is 1.96. The second-order valence-electron chi connectivity index (χ2n) is 5.17. The number of benzene rings is 1. The highest BCUT2D eigenvalue weighted by Crippen LogP contribution is 2.21. The second-order valence-corrected chi connectivity index (χ2v) is 5.58. The highest BCUT2D eigenvalue weighted by Gasteiger charge is 2.20. The van der Waals surface area contributed by atoms with Gasteiger partial charge < -0.3 is 10.1 Å². The second kappa shape index (κ2) is 7.22. The van der Waals surface area contributed by atoms with Gasteiger partial charge in [-0.25, -0.2) is 4.39 Å². The van der Waals surface area contributed by atoms with Crippen LogP contribution in [0.15, 0.2) is 18.2 Å². The lowest BCUT2D eigenvalue weighted by Crippen LogP contribution is -2.33. The normalized spacial score (nSPS) is 20.7. The molecule has 106 valence electrons. The summed E-state index contributed by atoms with van der Waals surface area (Å²) in [6.45, 7) is 4.75. The summed E-state index contributed by atoms with van der Waals surface area (Å²) in [6, 6.07) is 5.45. The molecule has 1 aliphatic rings. The van der Waals surface area contributed by atoms with E-state index in [9.17, 15) is 4.39 Å². The lowest BCUT2D eigenvalue weighted by molar-refractivity contribution is 0.181. The van der Waals surface area contributed by atoms with Crippen molar-refractivity contribution in [2.24, 2.45) is 5.92 Å². The Morgan fingerprint density at radius 3 is 3.00 bits per heavy atom. The van der Waals surface area contributed by atoms with Gasteiger partial charge in [-0.3, -0.25) is 0 Å². The van der Waals surface area contributed by atoms with Crippen LogP contribution in [-0.4, -0.2) is 25.8 Å². The Kier molecular flexibility index (Phi) is 5.61. The predicted molar refractivity (Wildman–Crippen MR) is 76.1 cm³/mol. The van der Waals surface area contributed by atoms with Gasteiger partial charge >= 0.3 is 0 Å². The van der Waals surface area contributed by atoms with E-state index in [1.807, 2.05) is 6.07 Å². The van der Waals surface area contributed by atoms with Gasteiger partial charge in [0.1, 0.15) is 5.82 Å². The van der Waals surface area contributed by atoms with Crippen molar-refractivity contribution in [3.8, 4) is 0 Å². The molecule has 0 saturated carbocycles. The fraction of sp³-hybridized carbons (Fsp3) is 0.600. The quantitative estimate of drug-likeness (QED) is 0.865. The molecule has 2 rings (SSSR count). The van der Waals surface area contributed by atoms with Gasteiger partial charge in [0.05, 0.1) is 5.02 Å². The van der Waals surface area contributed by atoms with Gasteiger partial charge in [0.2, 0.25) is 0 Å². The Morgan fingerprint density at radius 2 is 2.37 bits per heavy atom. The van der Waals surface area contributed by atoms with Crippen LogP contribution in [0.5, 0.6) is 0 Å². The van der Waals surface area contributed by atoms with E-state index in [0.717, 1.165) is 44.6 Å². The number of likely N-dealkylation sites (N-methyl/N-ethyl adjacent to an activating group) is 1. The molecule has 19 heavy (non-hydrogen) atoms. The Morgan fingerprint density at radius 1 is 1.53 bits per heavy atom. The van der Waals surface area contributed by atoms with Crippen LogP contribution in [0.4, 0.5) is 4.39 Å². The predicted octanol–water partition coefficient (Wildman–Crippen LogP) is 3.43. The zero-order valence-corrected chi connectivity index (χ0v) is 12.0. The molecule has 1 aromatic rings. The maximum absolute atomic E-state index is 13.4. The van der Waals surface area contributed by atoms with Crippen molar-refractivity contribution in [1.29, 1.82) is 0 Å². The lowest BCUT2D eigenvalue weighted by Gasteiger charge is -2.21. The highest BCUT2D eigenvalue weighted by atomic mass is 35.5. The Hall–Kier alpha value is -0.640. The Labute approximate surface area is 119 Å². The Bertz CT molecular complexity index is 407. The van der Waals surface area contributed by atoms with E-state index in [1.165, 1.54) is 6.07 Å². The van der Waals surface area contributed by atoms with E-state index < -0.39 is 0 Å². The molecule has 2 unspecified atom stereocenters. The summed E-state index contributed by atoms with van der Waals surface area (Å²) in [7, 11) is 0. The third kappa shape index (κ3) is 4.44. The van der Waals surface area contributed by atoms with Crippen LogP contribution in [0.2, 0.25) is 5.02 Å². The fourth-order valence-electron chi connectivity index (χ4n) is 2.65. The SMILES string of the molecule is CCNC(Cc1ccc(Cl)c(F)c1)CC1CCOC1. The van der Waals surface area contributed by atoms with Gasteiger partial charge in [0, 0.05) is 19.3 Å². The standard InChI is InChI=1S/C15H21ClFNO/c1-2-18-13(8-12-5-6-19-10-12)7-11-3-4-14(16)15(17)9-11/h3-4,9,12-13,18H,2,5-8,10H2,1H3. The van der Waals surface area contributed by atoms with E-state index in [2.05, 4.69) is 12.2 Å². The average Bonchev–Trinajstić information content (AvgIpc) is 2.87. The van der Waals surface area contributed by atoms with Crippen molar-refractivity contribution < 1.29 is 9.13 Å². The summed E-state index contributed by atoms with van der Waals surface area (Å²) in [6.07, 6.45) is 3.05. The van der Waals surface area contributed by atoms with E-state index in [1.54, 1.807) is 6.07 Å². The van der Waals surface area contributed by atoms with Crippen LogP contribution in [0.1, 0.15) is 25.3 Å². The van der Waals surface area contributed by atoms with Gasteiger partial charge in [-0.2, -0.15) is 0 Å². The number of nitrogens with one attached hydrogen (secondary N) is 1. The molecule has 0 aromatic heterocycles. The van der Waals surface area contributed by atoms with Gasteiger partial charge in [0.25, 0.3) is 0 Å². The van der Waals surface area contributed by atoms with Crippen molar-refractivity contribution in [2.45, 2.75) is 32.2 Å². The first kappa shape index (κ1) is 14.8. The van der Waals surface area contributed by atoms with Crippen LogP contribution < -0.4 is 5.32 Å². The molecule has 1 aromatic carbocycles. The first-order valence-corrected chi connectivity index (χ1v) is 7.32. The summed E-state index contributed by atoms with van der Waals surface area (Å²) in [5.74, 6) is 0.291. The van der Waals surface area contributed by atoms with Gasteiger partial charge in [0.15, 0.2) is 0 Å². The fourth-order valence-corrected chi connectivity index (χ4v) is 2.77. The minimum Gasteiger partial charge on any atom is -0.381 e. The molecule has 1 fully saturated rings. The monoisotopic (exact) mass is 285 g/mol. The van der Waals surface area contributed by atoms with Gasteiger partial charge in [-0.1, -0.05) is 24.6 Å². The van der Waals surface area contributed by atoms with Crippen molar-refractivity contribution >= 4 is 11.6 Å².